The first-order valence-electron chi connectivity index (χ1n) is 6.13. The lowest BCUT2D eigenvalue weighted by Crippen LogP contribution is -2.60. The van der Waals surface area contributed by atoms with E-state index in [1.807, 2.05) is 27.7 Å². The number of carbonyl (C=O) groups is 2. The van der Waals surface area contributed by atoms with E-state index in [1.54, 1.807) is 4.90 Å². The summed E-state index contributed by atoms with van der Waals surface area (Å²) in [5.74, 6) is -0.997. The maximum Gasteiger partial charge on any atom is 0.323 e. The van der Waals surface area contributed by atoms with Crippen LogP contribution in [0.1, 0.15) is 27.7 Å². The number of hydrogen-bond acceptors (Lipinski definition) is 3. The molecule has 0 aromatic rings. The Morgan fingerprint density at radius 1 is 1.44 bits per heavy atom. The van der Waals surface area contributed by atoms with Gasteiger partial charge < -0.3 is 19.6 Å². The van der Waals surface area contributed by atoms with Gasteiger partial charge in [-0.3, -0.25) is 4.79 Å². The van der Waals surface area contributed by atoms with Crippen LogP contribution in [-0.2, 0) is 9.53 Å². The van der Waals surface area contributed by atoms with Crippen LogP contribution in [-0.4, -0.2) is 64.8 Å². The Bertz CT molecular complexity index is 328. The van der Waals surface area contributed by atoms with Crippen LogP contribution < -0.4 is 0 Å². The van der Waals surface area contributed by atoms with E-state index in [1.165, 1.54) is 4.90 Å². The number of carboxylic acids is 1. The maximum atomic E-state index is 12.4. The molecule has 0 aliphatic carbocycles. The molecule has 6 nitrogen and oxygen atoms in total. The molecule has 1 aliphatic rings. The van der Waals surface area contributed by atoms with Crippen LogP contribution in [0, 0.1) is 0 Å². The highest BCUT2D eigenvalue weighted by atomic mass is 16.5. The van der Waals surface area contributed by atoms with E-state index in [0.29, 0.717) is 19.8 Å². The van der Waals surface area contributed by atoms with Gasteiger partial charge in [0.25, 0.3) is 0 Å². The van der Waals surface area contributed by atoms with Gasteiger partial charge in [0.2, 0.25) is 0 Å². The second kappa shape index (κ2) is 5.56. The summed E-state index contributed by atoms with van der Waals surface area (Å²) in [5, 5.41) is 8.87. The van der Waals surface area contributed by atoms with Crippen molar-refractivity contribution in [3.8, 4) is 0 Å². The number of nitrogens with zero attached hydrogens (tertiary/aromatic N) is 2. The highest BCUT2D eigenvalue weighted by Gasteiger charge is 2.37. The van der Waals surface area contributed by atoms with Crippen molar-refractivity contribution in [2.24, 2.45) is 0 Å². The molecule has 6 heteroatoms. The summed E-state index contributed by atoms with van der Waals surface area (Å²) in [6.07, 6.45) is 0. The molecule has 1 saturated heterocycles. The first-order chi connectivity index (χ1) is 8.25. The van der Waals surface area contributed by atoms with E-state index in [0.717, 1.165) is 0 Å². The topological polar surface area (TPSA) is 70.1 Å². The Morgan fingerprint density at radius 2 is 2.06 bits per heavy atom. The van der Waals surface area contributed by atoms with E-state index >= 15 is 0 Å². The number of hydrogen-bond donors (Lipinski definition) is 1. The molecule has 0 bridgehead atoms. The van der Waals surface area contributed by atoms with Crippen molar-refractivity contribution < 1.29 is 19.4 Å². The van der Waals surface area contributed by atoms with Crippen LogP contribution in [0.5, 0.6) is 0 Å². The summed E-state index contributed by atoms with van der Waals surface area (Å²) in [6.45, 7) is 8.65. The fraction of sp³-hybridized carbons (Fsp3) is 0.833. The zero-order chi connectivity index (χ0) is 13.9. The fourth-order valence-corrected chi connectivity index (χ4v) is 1.98. The Labute approximate surface area is 107 Å². The van der Waals surface area contributed by atoms with E-state index in [2.05, 4.69) is 0 Å². The summed E-state index contributed by atoms with van der Waals surface area (Å²) in [5.41, 5.74) is -0.402. The molecule has 2 amide bonds. The Kier molecular flexibility index (Phi) is 4.56. The van der Waals surface area contributed by atoms with Crippen molar-refractivity contribution in [2.75, 3.05) is 26.3 Å². The van der Waals surface area contributed by atoms with Gasteiger partial charge in [-0.15, -0.1) is 0 Å². The lowest BCUT2D eigenvalue weighted by atomic mass is 10.0. The highest BCUT2D eigenvalue weighted by Crippen LogP contribution is 2.21. The van der Waals surface area contributed by atoms with Crippen molar-refractivity contribution >= 4 is 12.0 Å². The Hall–Kier alpha value is -1.30. The maximum absolute atomic E-state index is 12.4. The van der Waals surface area contributed by atoms with Gasteiger partial charge >= 0.3 is 12.0 Å². The second-order valence-electron chi connectivity index (χ2n) is 5.41. The minimum atomic E-state index is -0.997. The normalized spacial score (nSPS) is 18.8. The van der Waals surface area contributed by atoms with Crippen molar-refractivity contribution in [1.29, 1.82) is 0 Å². The molecule has 0 saturated carbocycles. The molecular weight excluding hydrogens is 236 g/mol. The lowest BCUT2D eigenvalue weighted by molar-refractivity contribution is -0.138. The molecule has 1 N–H and O–H groups in total. The van der Waals surface area contributed by atoms with Crippen LogP contribution in [0.4, 0.5) is 4.79 Å². The third-order valence-corrected chi connectivity index (χ3v) is 3.05. The molecule has 1 aliphatic heterocycles. The van der Waals surface area contributed by atoms with Gasteiger partial charge in [-0.05, 0) is 27.7 Å². The smallest absolute Gasteiger partial charge is 0.323 e. The SMILES string of the molecule is CC(C)N(CC(=O)O)C(=O)N1CCOCC1(C)C. The summed E-state index contributed by atoms with van der Waals surface area (Å²) in [6, 6.07) is -0.382. The Morgan fingerprint density at radius 3 is 2.50 bits per heavy atom. The van der Waals surface area contributed by atoms with Crippen LogP contribution in [0.2, 0.25) is 0 Å². The number of morpholine rings is 1. The fourth-order valence-electron chi connectivity index (χ4n) is 1.98. The van der Waals surface area contributed by atoms with Crippen LogP contribution in [0.15, 0.2) is 0 Å². The monoisotopic (exact) mass is 258 g/mol. The van der Waals surface area contributed by atoms with E-state index in [9.17, 15) is 9.59 Å². The first kappa shape index (κ1) is 14.8. The van der Waals surface area contributed by atoms with E-state index in [-0.39, 0.29) is 18.6 Å². The van der Waals surface area contributed by atoms with E-state index < -0.39 is 11.5 Å². The molecule has 1 heterocycles. The highest BCUT2D eigenvalue weighted by molar-refractivity contribution is 5.81. The first-order valence-corrected chi connectivity index (χ1v) is 6.13. The number of ether oxygens (including phenoxy) is 1. The van der Waals surface area contributed by atoms with Crippen molar-refractivity contribution in [3.05, 3.63) is 0 Å². The van der Waals surface area contributed by atoms with Crippen LogP contribution in [0.3, 0.4) is 0 Å². The minimum Gasteiger partial charge on any atom is -0.480 e. The molecule has 0 atom stereocenters. The summed E-state index contributed by atoms with van der Waals surface area (Å²) < 4.78 is 5.36. The van der Waals surface area contributed by atoms with Crippen LogP contribution in [0.25, 0.3) is 0 Å². The average Bonchev–Trinajstić information content (AvgIpc) is 2.23. The number of carbonyl (C=O) groups excluding carboxylic acids is 1. The number of urea groups is 1. The summed E-state index contributed by atoms with van der Waals surface area (Å²) >= 11 is 0. The molecule has 0 spiro atoms. The molecule has 1 rings (SSSR count). The minimum absolute atomic E-state index is 0.146. The molecule has 0 aromatic heterocycles. The van der Waals surface area contributed by atoms with Gasteiger partial charge in [0.05, 0.1) is 18.8 Å². The molecular formula is C12H22N2O4. The number of aliphatic carboxylic acids is 1. The van der Waals surface area contributed by atoms with Gasteiger partial charge in [0, 0.05) is 12.6 Å². The standard InChI is InChI=1S/C12H22N2O4/c1-9(2)13(7-10(15)16)11(17)14-5-6-18-8-12(14,3)4/h9H,5-8H2,1-4H3,(H,15,16). The number of amides is 2. The summed E-state index contributed by atoms with van der Waals surface area (Å²) in [7, 11) is 0. The van der Waals surface area contributed by atoms with Crippen molar-refractivity contribution in [1.82, 2.24) is 9.80 Å². The summed E-state index contributed by atoms with van der Waals surface area (Å²) in [4.78, 5) is 26.3. The zero-order valence-electron chi connectivity index (χ0n) is 11.5. The van der Waals surface area contributed by atoms with Gasteiger partial charge in [-0.25, -0.2) is 4.79 Å². The van der Waals surface area contributed by atoms with Gasteiger partial charge in [0.15, 0.2) is 0 Å². The van der Waals surface area contributed by atoms with Crippen LogP contribution >= 0.6 is 0 Å². The molecule has 0 aromatic carbocycles. The largest absolute Gasteiger partial charge is 0.480 e. The Balaban J connectivity index is 2.84. The van der Waals surface area contributed by atoms with Gasteiger partial charge in [0.1, 0.15) is 6.54 Å². The predicted octanol–water partition coefficient (Wildman–Crippen LogP) is 1.01. The number of carboxylic acid groups (broad SMARTS) is 1. The van der Waals surface area contributed by atoms with E-state index in [4.69, 9.17) is 9.84 Å². The predicted molar refractivity (Wildman–Crippen MR) is 66.5 cm³/mol. The number of rotatable bonds is 3. The molecule has 18 heavy (non-hydrogen) atoms. The quantitative estimate of drug-likeness (QED) is 0.820. The second-order valence-corrected chi connectivity index (χ2v) is 5.41. The molecule has 0 radical (unpaired) electrons. The van der Waals surface area contributed by atoms with Gasteiger partial charge in [-0.2, -0.15) is 0 Å². The molecule has 0 unspecified atom stereocenters. The van der Waals surface area contributed by atoms with Gasteiger partial charge in [-0.1, -0.05) is 0 Å². The zero-order valence-corrected chi connectivity index (χ0v) is 11.5. The lowest BCUT2D eigenvalue weighted by Gasteiger charge is -2.44. The molecule has 1 fully saturated rings. The third-order valence-electron chi connectivity index (χ3n) is 3.05. The van der Waals surface area contributed by atoms with Crippen molar-refractivity contribution in [2.45, 2.75) is 39.3 Å². The van der Waals surface area contributed by atoms with Crippen molar-refractivity contribution in [3.63, 3.8) is 0 Å². The average molecular weight is 258 g/mol. The molecule has 104 valence electrons. The third kappa shape index (κ3) is 3.35.